The number of piperazine rings is 1. The molecule has 0 radical (unpaired) electrons. The molecule has 2 atom stereocenters. The van der Waals surface area contributed by atoms with Crippen molar-refractivity contribution in [3.05, 3.63) is 11.7 Å². The van der Waals surface area contributed by atoms with Gasteiger partial charge in [-0.2, -0.15) is 4.98 Å². The van der Waals surface area contributed by atoms with Crippen LogP contribution in [0.2, 0.25) is 0 Å². The zero-order chi connectivity index (χ0) is 12.4. The zero-order valence-corrected chi connectivity index (χ0v) is 10.8. The minimum atomic E-state index is 0.232. The van der Waals surface area contributed by atoms with Gasteiger partial charge >= 0.3 is 0 Å². The Morgan fingerprint density at radius 2 is 2.44 bits per heavy atom. The lowest BCUT2D eigenvalue weighted by molar-refractivity contribution is 0.183. The lowest BCUT2D eigenvalue weighted by Gasteiger charge is -2.30. The van der Waals surface area contributed by atoms with Crippen molar-refractivity contribution >= 4 is 0 Å². The molecule has 0 saturated carbocycles. The normalized spacial score (nSPS) is 29.8. The first-order chi connectivity index (χ1) is 8.83. The fourth-order valence-corrected chi connectivity index (χ4v) is 2.57. The lowest BCUT2D eigenvalue weighted by Crippen LogP contribution is -2.44. The molecule has 2 saturated heterocycles. The van der Waals surface area contributed by atoms with Gasteiger partial charge in [-0.1, -0.05) is 5.16 Å². The van der Waals surface area contributed by atoms with Crippen molar-refractivity contribution in [2.45, 2.75) is 18.9 Å². The summed E-state index contributed by atoms with van der Waals surface area (Å²) in [5.74, 6) is 2.10. The van der Waals surface area contributed by atoms with E-state index in [2.05, 4.69) is 27.4 Å². The standard InChI is InChI=1S/C12H20N4O2/c1-16-4-3-13-7-10(16)12-14-11(18-15-12)6-9-2-5-17-8-9/h9-10,13H,2-8H2,1H3. The van der Waals surface area contributed by atoms with E-state index in [1.807, 2.05) is 0 Å². The van der Waals surface area contributed by atoms with Gasteiger partial charge in [-0.25, -0.2) is 0 Å². The minimum absolute atomic E-state index is 0.232. The average molecular weight is 252 g/mol. The molecular formula is C12H20N4O2. The Labute approximate surface area is 107 Å². The van der Waals surface area contributed by atoms with Crippen LogP contribution in [0.25, 0.3) is 0 Å². The summed E-state index contributed by atoms with van der Waals surface area (Å²) in [7, 11) is 2.10. The average Bonchev–Trinajstić information content (AvgIpc) is 3.02. The Kier molecular flexibility index (Phi) is 3.58. The van der Waals surface area contributed by atoms with E-state index in [1.54, 1.807) is 0 Å². The van der Waals surface area contributed by atoms with E-state index in [9.17, 15) is 0 Å². The molecule has 2 unspecified atom stereocenters. The molecule has 2 aliphatic rings. The first kappa shape index (κ1) is 12.1. The number of ether oxygens (including phenoxy) is 1. The van der Waals surface area contributed by atoms with Crippen LogP contribution in [-0.2, 0) is 11.2 Å². The molecule has 100 valence electrons. The molecule has 0 spiro atoms. The van der Waals surface area contributed by atoms with Crippen LogP contribution >= 0.6 is 0 Å². The van der Waals surface area contributed by atoms with E-state index in [0.717, 1.165) is 57.4 Å². The predicted octanol–water partition coefficient (Wildman–Crippen LogP) is 0.225. The van der Waals surface area contributed by atoms with E-state index in [-0.39, 0.29) is 6.04 Å². The highest BCUT2D eigenvalue weighted by atomic mass is 16.5. The van der Waals surface area contributed by atoms with Crippen LogP contribution in [0.3, 0.4) is 0 Å². The lowest BCUT2D eigenvalue weighted by atomic mass is 10.1. The van der Waals surface area contributed by atoms with Crippen molar-refractivity contribution < 1.29 is 9.26 Å². The third kappa shape index (κ3) is 2.55. The molecule has 2 aliphatic heterocycles. The third-order valence-corrected chi connectivity index (χ3v) is 3.78. The first-order valence-electron chi connectivity index (χ1n) is 6.64. The molecule has 3 rings (SSSR count). The van der Waals surface area contributed by atoms with Crippen LogP contribution in [0, 0.1) is 5.92 Å². The zero-order valence-electron chi connectivity index (χ0n) is 10.8. The monoisotopic (exact) mass is 252 g/mol. The highest BCUT2D eigenvalue weighted by Crippen LogP contribution is 2.21. The number of hydrogen-bond donors (Lipinski definition) is 1. The van der Waals surface area contributed by atoms with E-state index >= 15 is 0 Å². The van der Waals surface area contributed by atoms with Gasteiger partial charge in [-0.15, -0.1) is 0 Å². The number of rotatable bonds is 3. The highest BCUT2D eigenvalue weighted by molar-refractivity contribution is 4.98. The van der Waals surface area contributed by atoms with Crippen molar-refractivity contribution in [3.8, 4) is 0 Å². The van der Waals surface area contributed by atoms with Gasteiger partial charge in [-0.3, -0.25) is 4.90 Å². The molecule has 0 amide bonds. The largest absolute Gasteiger partial charge is 0.381 e. The van der Waals surface area contributed by atoms with Gasteiger partial charge in [0.15, 0.2) is 5.82 Å². The molecule has 0 aromatic carbocycles. The Morgan fingerprint density at radius 3 is 3.22 bits per heavy atom. The van der Waals surface area contributed by atoms with Crippen molar-refractivity contribution in [1.29, 1.82) is 0 Å². The van der Waals surface area contributed by atoms with Gasteiger partial charge in [0.05, 0.1) is 6.04 Å². The van der Waals surface area contributed by atoms with Crippen molar-refractivity contribution in [3.63, 3.8) is 0 Å². The molecule has 18 heavy (non-hydrogen) atoms. The Balaban J connectivity index is 1.64. The van der Waals surface area contributed by atoms with Crippen LogP contribution < -0.4 is 5.32 Å². The predicted molar refractivity (Wildman–Crippen MR) is 65.2 cm³/mol. The van der Waals surface area contributed by atoms with Crippen molar-refractivity contribution in [2.24, 2.45) is 5.92 Å². The number of aromatic nitrogens is 2. The summed E-state index contributed by atoms with van der Waals surface area (Å²) in [5, 5.41) is 7.49. The number of hydrogen-bond acceptors (Lipinski definition) is 6. The fraction of sp³-hybridized carbons (Fsp3) is 0.833. The Hall–Kier alpha value is -0.980. The molecule has 3 heterocycles. The molecule has 2 fully saturated rings. The van der Waals surface area contributed by atoms with Gasteiger partial charge in [0.1, 0.15) is 0 Å². The second-order valence-corrected chi connectivity index (χ2v) is 5.18. The van der Waals surface area contributed by atoms with Crippen LogP contribution in [0.1, 0.15) is 24.2 Å². The summed E-state index contributed by atoms with van der Waals surface area (Å²) in [6, 6.07) is 0.232. The van der Waals surface area contributed by atoms with Crippen LogP contribution in [-0.4, -0.2) is 54.9 Å². The Bertz CT molecular complexity index is 389. The maximum atomic E-state index is 5.36. The van der Waals surface area contributed by atoms with Crippen molar-refractivity contribution in [2.75, 3.05) is 39.9 Å². The summed E-state index contributed by atoms with van der Waals surface area (Å²) in [5.41, 5.74) is 0. The summed E-state index contributed by atoms with van der Waals surface area (Å²) >= 11 is 0. The van der Waals surface area contributed by atoms with Gasteiger partial charge in [0.2, 0.25) is 5.89 Å². The summed E-state index contributed by atoms with van der Waals surface area (Å²) in [6.45, 7) is 4.62. The number of nitrogens with zero attached hydrogens (tertiary/aromatic N) is 3. The molecule has 6 nitrogen and oxygen atoms in total. The summed E-state index contributed by atoms with van der Waals surface area (Å²) < 4.78 is 10.7. The molecule has 1 aromatic heterocycles. The molecule has 0 bridgehead atoms. The van der Waals surface area contributed by atoms with Gasteiger partial charge in [-0.05, 0) is 19.4 Å². The third-order valence-electron chi connectivity index (χ3n) is 3.78. The number of likely N-dealkylation sites (N-methyl/N-ethyl adjacent to an activating group) is 1. The van der Waals surface area contributed by atoms with Gasteiger partial charge in [0.25, 0.3) is 0 Å². The maximum Gasteiger partial charge on any atom is 0.227 e. The minimum Gasteiger partial charge on any atom is -0.381 e. The highest BCUT2D eigenvalue weighted by Gasteiger charge is 2.26. The van der Waals surface area contributed by atoms with E-state index in [4.69, 9.17) is 9.26 Å². The van der Waals surface area contributed by atoms with Gasteiger partial charge in [0, 0.05) is 39.3 Å². The van der Waals surface area contributed by atoms with Crippen LogP contribution in [0.15, 0.2) is 4.52 Å². The topological polar surface area (TPSA) is 63.4 Å². The molecule has 1 aromatic rings. The second kappa shape index (κ2) is 5.34. The fourth-order valence-electron chi connectivity index (χ4n) is 2.57. The van der Waals surface area contributed by atoms with Crippen LogP contribution in [0.4, 0.5) is 0 Å². The number of nitrogens with one attached hydrogen (secondary N) is 1. The van der Waals surface area contributed by atoms with E-state index < -0.39 is 0 Å². The van der Waals surface area contributed by atoms with Crippen LogP contribution in [0.5, 0.6) is 0 Å². The maximum absolute atomic E-state index is 5.36. The molecule has 6 heteroatoms. The smallest absolute Gasteiger partial charge is 0.227 e. The van der Waals surface area contributed by atoms with Gasteiger partial charge < -0.3 is 14.6 Å². The summed E-state index contributed by atoms with van der Waals surface area (Å²) in [4.78, 5) is 6.80. The Morgan fingerprint density at radius 1 is 1.50 bits per heavy atom. The molecule has 0 aliphatic carbocycles. The molecular weight excluding hydrogens is 232 g/mol. The van der Waals surface area contributed by atoms with E-state index in [0.29, 0.717) is 5.92 Å². The SMILES string of the molecule is CN1CCNCC1c1noc(CC2CCOC2)n1. The quantitative estimate of drug-likeness (QED) is 0.830. The summed E-state index contributed by atoms with van der Waals surface area (Å²) in [6.07, 6.45) is 1.94. The molecule has 1 N–H and O–H groups in total. The second-order valence-electron chi connectivity index (χ2n) is 5.18. The van der Waals surface area contributed by atoms with E-state index in [1.165, 1.54) is 0 Å². The first-order valence-corrected chi connectivity index (χ1v) is 6.64. The van der Waals surface area contributed by atoms with Crippen molar-refractivity contribution in [1.82, 2.24) is 20.4 Å².